The molecule has 0 aliphatic rings. The van der Waals surface area contributed by atoms with Crippen LogP contribution in [0.25, 0.3) is 0 Å². The molecule has 0 saturated heterocycles. The molecule has 0 spiro atoms. The first-order chi connectivity index (χ1) is 9.06. The summed E-state index contributed by atoms with van der Waals surface area (Å²) in [5, 5.41) is 8.91. The summed E-state index contributed by atoms with van der Waals surface area (Å²) in [6, 6.07) is 0. The molecule has 0 radical (unpaired) electrons. The Morgan fingerprint density at radius 3 is 2.47 bits per heavy atom. The maximum atomic E-state index is 11.5. The number of carboxylic acid groups (broad SMARTS) is 1. The van der Waals surface area contributed by atoms with E-state index in [0.717, 1.165) is 12.8 Å². The number of nitrogen functional groups attached to an aromatic ring is 1. The van der Waals surface area contributed by atoms with Gasteiger partial charge < -0.3 is 15.4 Å². The first-order valence-corrected chi connectivity index (χ1v) is 6.79. The van der Waals surface area contributed by atoms with Gasteiger partial charge in [0.25, 0.3) is 0 Å². The molecule has 3 N–H and O–H groups in total. The summed E-state index contributed by atoms with van der Waals surface area (Å²) < 4.78 is 1.69. The number of aromatic carboxylic acids is 1. The Morgan fingerprint density at radius 1 is 1.21 bits per heavy atom. The molecule has 0 aromatic carbocycles. The molecular weight excluding hydrogens is 244 g/mol. The number of nitrogens with zero attached hydrogens (tertiary/aromatic N) is 1. The average Bonchev–Trinajstić information content (AvgIpc) is 2.37. The molecule has 0 amide bonds. The Morgan fingerprint density at radius 2 is 1.84 bits per heavy atom. The zero-order valence-electron chi connectivity index (χ0n) is 11.4. The number of carboxylic acids is 1. The van der Waals surface area contributed by atoms with Gasteiger partial charge in [-0.3, -0.25) is 4.79 Å². The normalized spacial score (nSPS) is 10.6. The molecule has 0 saturated carbocycles. The predicted molar refractivity (Wildman–Crippen MR) is 75.4 cm³/mol. The average molecular weight is 266 g/mol. The Bertz CT molecular complexity index is 480. The van der Waals surface area contributed by atoms with Crippen LogP contribution in [0.4, 0.5) is 5.69 Å². The van der Waals surface area contributed by atoms with Crippen molar-refractivity contribution >= 4 is 11.7 Å². The van der Waals surface area contributed by atoms with Gasteiger partial charge in [-0.15, -0.1) is 0 Å². The maximum Gasteiger partial charge on any atom is 0.341 e. The minimum Gasteiger partial charge on any atom is -0.477 e. The molecule has 1 heterocycles. The molecule has 1 rings (SSSR count). The van der Waals surface area contributed by atoms with E-state index in [9.17, 15) is 9.59 Å². The van der Waals surface area contributed by atoms with Crippen LogP contribution in [-0.2, 0) is 6.54 Å². The van der Waals surface area contributed by atoms with Gasteiger partial charge >= 0.3 is 5.97 Å². The van der Waals surface area contributed by atoms with Crippen molar-refractivity contribution < 1.29 is 9.90 Å². The highest BCUT2D eigenvalue weighted by atomic mass is 16.4. The van der Waals surface area contributed by atoms with Crippen molar-refractivity contribution in [2.24, 2.45) is 0 Å². The molecule has 1 aromatic rings. The number of pyridine rings is 1. The standard InChI is InChI=1S/C14H22N2O3/c1-2-3-4-5-6-7-8-16-9-11(14(18)19)13(17)12(15)10-16/h9-10H,2-8,15H2,1H3,(H,18,19). The lowest BCUT2D eigenvalue weighted by atomic mass is 10.1. The first-order valence-electron chi connectivity index (χ1n) is 6.79. The monoisotopic (exact) mass is 266 g/mol. The van der Waals surface area contributed by atoms with E-state index in [2.05, 4.69) is 6.92 Å². The second kappa shape index (κ2) is 7.61. The van der Waals surface area contributed by atoms with Crippen LogP contribution in [0.1, 0.15) is 55.8 Å². The van der Waals surface area contributed by atoms with Crippen LogP contribution in [0.3, 0.4) is 0 Å². The van der Waals surface area contributed by atoms with E-state index in [-0.39, 0.29) is 11.3 Å². The van der Waals surface area contributed by atoms with Gasteiger partial charge in [0.15, 0.2) is 0 Å². The number of hydrogen-bond acceptors (Lipinski definition) is 3. The minimum absolute atomic E-state index is 0.00844. The summed E-state index contributed by atoms with van der Waals surface area (Å²) in [5.74, 6) is -1.23. The van der Waals surface area contributed by atoms with Crippen LogP contribution in [0.2, 0.25) is 0 Å². The number of nitrogens with two attached hydrogens (primary N) is 1. The van der Waals surface area contributed by atoms with Gasteiger partial charge in [0.1, 0.15) is 5.56 Å². The van der Waals surface area contributed by atoms with E-state index in [0.29, 0.717) is 6.54 Å². The maximum absolute atomic E-state index is 11.5. The van der Waals surface area contributed by atoms with Crippen LogP contribution in [0, 0.1) is 0 Å². The number of aryl methyl sites for hydroxylation is 1. The van der Waals surface area contributed by atoms with Gasteiger partial charge in [0.05, 0.1) is 5.69 Å². The number of carbonyl (C=O) groups is 1. The summed E-state index contributed by atoms with van der Waals surface area (Å²) >= 11 is 0. The third kappa shape index (κ3) is 4.77. The van der Waals surface area contributed by atoms with Crippen LogP contribution in [0.15, 0.2) is 17.2 Å². The van der Waals surface area contributed by atoms with E-state index in [4.69, 9.17) is 10.8 Å². The number of hydrogen-bond donors (Lipinski definition) is 2. The molecule has 5 heteroatoms. The van der Waals surface area contributed by atoms with Gasteiger partial charge in [-0.1, -0.05) is 39.0 Å². The predicted octanol–water partition coefficient (Wildman–Crippen LogP) is 2.49. The zero-order valence-corrected chi connectivity index (χ0v) is 11.4. The summed E-state index contributed by atoms with van der Waals surface area (Å²) in [6.07, 6.45) is 9.86. The summed E-state index contributed by atoms with van der Waals surface area (Å²) in [4.78, 5) is 22.4. The van der Waals surface area contributed by atoms with Crippen LogP contribution >= 0.6 is 0 Å². The number of anilines is 1. The third-order valence-electron chi connectivity index (χ3n) is 3.11. The zero-order chi connectivity index (χ0) is 14.3. The molecule has 19 heavy (non-hydrogen) atoms. The number of aromatic nitrogens is 1. The van der Waals surface area contributed by atoms with Crippen molar-refractivity contribution in [3.63, 3.8) is 0 Å². The van der Waals surface area contributed by atoms with E-state index in [1.165, 1.54) is 38.1 Å². The third-order valence-corrected chi connectivity index (χ3v) is 3.11. The lowest BCUT2D eigenvalue weighted by molar-refractivity contribution is 0.0694. The second-order valence-corrected chi connectivity index (χ2v) is 4.77. The van der Waals surface area contributed by atoms with Crippen LogP contribution in [-0.4, -0.2) is 15.6 Å². The molecule has 106 valence electrons. The molecule has 0 aliphatic heterocycles. The first kappa shape index (κ1) is 15.3. The van der Waals surface area contributed by atoms with Gasteiger partial charge in [0.2, 0.25) is 5.43 Å². The summed E-state index contributed by atoms with van der Waals surface area (Å²) in [6.45, 7) is 2.87. The Labute approximate surface area is 113 Å². The fourth-order valence-electron chi connectivity index (χ4n) is 2.01. The summed E-state index contributed by atoms with van der Waals surface area (Å²) in [7, 11) is 0. The van der Waals surface area contributed by atoms with E-state index < -0.39 is 11.4 Å². The molecule has 5 nitrogen and oxygen atoms in total. The van der Waals surface area contributed by atoms with Gasteiger partial charge in [-0.2, -0.15) is 0 Å². The quantitative estimate of drug-likeness (QED) is 0.708. The lowest BCUT2D eigenvalue weighted by Gasteiger charge is -2.08. The molecule has 0 atom stereocenters. The van der Waals surface area contributed by atoms with Crippen molar-refractivity contribution in [2.75, 3.05) is 5.73 Å². The second-order valence-electron chi connectivity index (χ2n) is 4.77. The van der Waals surface area contributed by atoms with Gasteiger partial charge in [-0.25, -0.2) is 4.79 Å². The van der Waals surface area contributed by atoms with Crippen molar-refractivity contribution in [1.82, 2.24) is 4.57 Å². The number of unbranched alkanes of at least 4 members (excludes halogenated alkanes) is 5. The Hall–Kier alpha value is -1.78. The molecule has 0 aliphatic carbocycles. The SMILES string of the molecule is CCCCCCCCn1cc(N)c(=O)c(C(=O)O)c1. The molecule has 1 aromatic heterocycles. The highest BCUT2D eigenvalue weighted by molar-refractivity contribution is 5.88. The fraction of sp³-hybridized carbons (Fsp3) is 0.571. The van der Waals surface area contributed by atoms with Crippen LogP contribution in [0.5, 0.6) is 0 Å². The smallest absolute Gasteiger partial charge is 0.341 e. The van der Waals surface area contributed by atoms with Crippen molar-refractivity contribution in [3.8, 4) is 0 Å². The molecular formula is C14H22N2O3. The largest absolute Gasteiger partial charge is 0.477 e. The molecule has 0 fully saturated rings. The highest BCUT2D eigenvalue weighted by Gasteiger charge is 2.11. The topological polar surface area (TPSA) is 85.3 Å². The van der Waals surface area contributed by atoms with E-state index >= 15 is 0 Å². The van der Waals surface area contributed by atoms with Crippen molar-refractivity contribution in [1.29, 1.82) is 0 Å². The lowest BCUT2D eigenvalue weighted by Crippen LogP contribution is -2.21. The van der Waals surface area contributed by atoms with E-state index in [1.807, 2.05) is 0 Å². The van der Waals surface area contributed by atoms with Crippen molar-refractivity contribution in [2.45, 2.75) is 52.0 Å². The van der Waals surface area contributed by atoms with Crippen LogP contribution < -0.4 is 11.2 Å². The van der Waals surface area contributed by atoms with Gasteiger partial charge in [-0.05, 0) is 6.42 Å². The Kier molecular flexibility index (Phi) is 6.12. The van der Waals surface area contributed by atoms with E-state index in [1.54, 1.807) is 4.57 Å². The molecule has 0 unspecified atom stereocenters. The van der Waals surface area contributed by atoms with Gasteiger partial charge in [0, 0.05) is 18.9 Å². The number of rotatable bonds is 8. The highest BCUT2D eigenvalue weighted by Crippen LogP contribution is 2.07. The van der Waals surface area contributed by atoms with Crippen molar-refractivity contribution in [3.05, 3.63) is 28.2 Å². The Balaban J connectivity index is 2.55. The fourth-order valence-corrected chi connectivity index (χ4v) is 2.01. The minimum atomic E-state index is -1.23. The molecule has 0 bridgehead atoms. The summed E-state index contributed by atoms with van der Waals surface area (Å²) in [5.41, 5.74) is 4.66.